The number of nitrogens with zero attached hydrogens (tertiary/aromatic N) is 4. The molecule has 5 heteroatoms. The molecule has 3 heterocycles. The molecular weight excluding hydrogens is 268 g/mol. The largest absolute Gasteiger partial charge is 0.324 e. The molecule has 0 N–H and O–H groups in total. The van der Waals surface area contributed by atoms with Gasteiger partial charge in [0.05, 0.1) is 17.1 Å². The molecule has 20 heavy (non-hydrogen) atoms. The van der Waals surface area contributed by atoms with E-state index in [0.717, 1.165) is 24.5 Å². The number of aromatic nitrogens is 4. The highest BCUT2D eigenvalue weighted by Gasteiger charge is 2.09. The van der Waals surface area contributed by atoms with E-state index >= 15 is 0 Å². The van der Waals surface area contributed by atoms with Crippen molar-refractivity contribution >= 4 is 11.3 Å². The minimum atomic E-state index is 0.448. The Morgan fingerprint density at radius 1 is 1.30 bits per heavy atom. The fourth-order valence-corrected chi connectivity index (χ4v) is 2.87. The molecule has 1 unspecified atom stereocenters. The van der Waals surface area contributed by atoms with Gasteiger partial charge in [0.25, 0.3) is 0 Å². The maximum Gasteiger partial charge on any atom is 0.150 e. The second kappa shape index (κ2) is 5.63. The first-order chi connectivity index (χ1) is 9.78. The number of hydrogen-bond donors (Lipinski definition) is 0. The average Bonchev–Trinajstić information content (AvgIpc) is 3.18. The van der Waals surface area contributed by atoms with Crippen LogP contribution < -0.4 is 0 Å². The highest BCUT2D eigenvalue weighted by molar-refractivity contribution is 7.13. The van der Waals surface area contributed by atoms with Gasteiger partial charge in [-0.3, -0.25) is 4.68 Å². The van der Waals surface area contributed by atoms with Crippen LogP contribution in [-0.2, 0) is 6.54 Å². The van der Waals surface area contributed by atoms with E-state index in [1.165, 1.54) is 4.88 Å². The Morgan fingerprint density at radius 3 is 2.95 bits per heavy atom. The van der Waals surface area contributed by atoms with Gasteiger partial charge < -0.3 is 4.57 Å². The summed E-state index contributed by atoms with van der Waals surface area (Å²) in [5.41, 5.74) is 1.07. The van der Waals surface area contributed by atoms with Crippen LogP contribution >= 0.6 is 11.3 Å². The van der Waals surface area contributed by atoms with Gasteiger partial charge >= 0.3 is 0 Å². The van der Waals surface area contributed by atoms with Crippen LogP contribution in [0.4, 0.5) is 0 Å². The van der Waals surface area contributed by atoms with Crippen molar-refractivity contribution in [2.45, 2.75) is 32.9 Å². The predicted octanol–water partition coefficient (Wildman–Crippen LogP) is 3.83. The van der Waals surface area contributed by atoms with E-state index in [2.05, 4.69) is 58.3 Å². The summed E-state index contributed by atoms with van der Waals surface area (Å²) in [5.74, 6) is 1.01. The molecule has 0 saturated carbocycles. The smallest absolute Gasteiger partial charge is 0.150 e. The molecule has 0 saturated heterocycles. The minimum absolute atomic E-state index is 0.448. The molecule has 0 spiro atoms. The van der Waals surface area contributed by atoms with Crippen molar-refractivity contribution < 1.29 is 0 Å². The lowest BCUT2D eigenvalue weighted by atomic mass is 10.3. The standard InChI is InChI=1S/C15H18N4S/c1-3-12(2)19-8-6-13(17-19)11-18-9-7-16-15(18)14-5-4-10-20-14/h4-10,12H,3,11H2,1-2H3. The van der Waals surface area contributed by atoms with Gasteiger partial charge in [0.15, 0.2) is 0 Å². The lowest BCUT2D eigenvalue weighted by Gasteiger charge is -2.08. The topological polar surface area (TPSA) is 35.6 Å². The highest BCUT2D eigenvalue weighted by atomic mass is 32.1. The van der Waals surface area contributed by atoms with Gasteiger partial charge in [-0.25, -0.2) is 4.98 Å². The van der Waals surface area contributed by atoms with Gasteiger partial charge in [-0.1, -0.05) is 13.0 Å². The number of imidazole rings is 1. The van der Waals surface area contributed by atoms with Crippen LogP contribution in [-0.4, -0.2) is 19.3 Å². The van der Waals surface area contributed by atoms with Gasteiger partial charge in [0.1, 0.15) is 5.82 Å². The molecule has 0 aromatic carbocycles. The van der Waals surface area contributed by atoms with Crippen LogP contribution in [0.5, 0.6) is 0 Å². The first-order valence-electron chi connectivity index (χ1n) is 6.87. The van der Waals surface area contributed by atoms with E-state index in [9.17, 15) is 0 Å². The number of rotatable bonds is 5. The first kappa shape index (κ1) is 13.1. The molecule has 0 aliphatic heterocycles. The number of hydrogen-bond acceptors (Lipinski definition) is 3. The summed E-state index contributed by atoms with van der Waals surface area (Å²) < 4.78 is 4.19. The Hall–Kier alpha value is -1.88. The van der Waals surface area contributed by atoms with Gasteiger partial charge in [0, 0.05) is 24.6 Å². The SMILES string of the molecule is CCC(C)n1ccc(Cn2ccnc2-c2cccs2)n1. The van der Waals surface area contributed by atoms with Crippen molar-refractivity contribution in [1.82, 2.24) is 19.3 Å². The molecule has 0 radical (unpaired) electrons. The Morgan fingerprint density at radius 2 is 2.20 bits per heavy atom. The molecule has 3 rings (SSSR count). The Bertz CT molecular complexity index is 666. The third-order valence-electron chi connectivity index (χ3n) is 3.50. The fourth-order valence-electron chi connectivity index (χ4n) is 2.14. The van der Waals surface area contributed by atoms with Crippen LogP contribution in [0.25, 0.3) is 10.7 Å². The Labute approximate surface area is 122 Å². The number of thiophene rings is 1. The third kappa shape index (κ3) is 2.54. The summed E-state index contributed by atoms with van der Waals surface area (Å²) in [5, 5.41) is 6.73. The Kier molecular flexibility index (Phi) is 3.69. The quantitative estimate of drug-likeness (QED) is 0.714. The normalized spacial score (nSPS) is 12.7. The maximum atomic E-state index is 4.65. The molecule has 104 valence electrons. The van der Waals surface area contributed by atoms with Crippen molar-refractivity contribution in [3.05, 3.63) is 47.9 Å². The van der Waals surface area contributed by atoms with Crippen LogP contribution in [0, 0.1) is 0 Å². The van der Waals surface area contributed by atoms with Gasteiger partial charge in [-0.2, -0.15) is 5.10 Å². The second-order valence-electron chi connectivity index (χ2n) is 4.90. The monoisotopic (exact) mass is 286 g/mol. The van der Waals surface area contributed by atoms with Crippen LogP contribution in [0.15, 0.2) is 42.2 Å². The second-order valence-corrected chi connectivity index (χ2v) is 5.85. The van der Waals surface area contributed by atoms with E-state index in [4.69, 9.17) is 0 Å². The molecule has 0 aliphatic carbocycles. The van der Waals surface area contributed by atoms with Crippen molar-refractivity contribution in [3.63, 3.8) is 0 Å². The summed E-state index contributed by atoms with van der Waals surface area (Å²) in [7, 11) is 0. The average molecular weight is 286 g/mol. The highest BCUT2D eigenvalue weighted by Crippen LogP contribution is 2.23. The summed E-state index contributed by atoms with van der Waals surface area (Å²) in [4.78, 5) is 5.64. The zero-order valence-electron chi connectivity index (χ0n) is 11.7. The summed E-state index contributed by atoms with van der Waals surface area (Å²) in [6.07, 6.45) is 7.01. The molecule has 3 aromatic heterocycles. The van der Waals surface area contributed by atoms with E-state index < -0.39 is 0 Å². The van der Waals surface area contributed by atoms with Crippen LogP contribution in [0.3, 0.4) is 0 Å². The molecule has 0 aliphatic rings. The Balaban J connectivity index is 1.82. The fraction of sp³-hybridized carbons (Fsp3) is 0.333. The zero-order valence-corrected chi connectivity index (χ0v) is 12.5. The van der Waals surface area contributed by atoms with Crippen LogP contribution in [0.1, 0.15) is 32.0 Å². The van der Waals surface area contributed by atoms with Crippen molar-refractivity contribution in [3.8, 4) is 10.7 Å². The van der Waals surface area contributed by atoms with Gasteiger partial charge in [-0.15, -0.1) is 11.3 Å². The zero-order chi connectivity index (χ0) is 13.9. The molecule has 0 bridgehead atoms. The summed E-state index contributed by atoms with van der Waals surface area (Å²) in [6.45, 7) is 5.12. The van der Waals surface area contributed by atoms with Crippen molar-refractivity contribution in [2.24, 2.45) is 0 Å². The maximum absolute atomic E-state index is 4.65. The lowest BCUT2D eigenvalue weighted by molar-refractivity contribution is 0.472. The van der Waals surface area contributed by atoms with Crippen molar-refractivity contribution in [2.75, 3.05) is 0 Å². The molecule has 3 aromatic rings. The molecule has 4 nitrogen and oxygen atoms in total. The first-order valence-corrected chi connectivity index (χ1v) is 7.75. The predicted molar refractivity (Wildman–Crippen MR) is 81.9 cm³/mol. The third-order valence-corrected chi connectivity index (χ3v) is 4.36. The van der Waals surface area contributed by atoms with Gasteiger partial charge in [0.2, 0.25) is 0 Å². The summed E-state index contributed by atoms with van der Waals surface area (Å²) >= 11 is 1.71. The minimum Gasteiger partial charge on any atom is -0.324 e. The van der Waals surface area contributed by atoms with E-state index in [1.807, 2.05) is 17.1 Å². The lowest BCUT2D eigenvalue weighted by Crippen LogP contribution is -2.06. The molecule has 0 fully saturated rings. The van der Waals surface area contributed by atoms with Crippen LogP contribution in [0.2, 0.25) is 0 Å². The van der Waals surface area contributed by atoms with E-state index in [0.29, 0.717) is 6.04 Å². The molecule has 0 amide bonds. The summed E-state index contributed by atoms with van der Waals surface area (Å²) in [6, 6.07) is 6.69. The van der Waals surface area contributed by atoms with Crippen molar-refractivity contribution in [1.29, 1.82) is 0 Å². The molecular formula is C15H18N4S. The van der Waals surface area contributed by atoms with E-state index in [-0.39, 0.29) is 0 Å². The van der Waals surface area contributed by atoms with E-state index in [1.54, 1.807) is 11.3 Å². The van der Waals surface area contributed by atoms with Gasteiger partial charge in [-0.05, 0) is 30.9 Å². The molecule has 1 atom stereocenters.